The van der Waals surface area contributed by atoms with Crippen molar-refractivity contribution < 1.29 is 47.8 Å². The van der Waals surface area contributed by atoms with Gasteiger partial charge in [0, 0.05) is 22.3 Å². The van der Waals surface area contributed by atoms with E-state index in [1.165, 1.54) is 50.4 Å². The topological polar surface area (TPSA) is 253 Å². The number of carbonyl (C=O) groups is 8. The SMILES string of the molecule is CC(C)[C@@H]1NC(=O)C(C)(C)NC(=O)c2csc(n2)CNC(=O)C[C@@H](/C=C/CCSSCC/C=C/[C@H]2CC(=O)NCc3nc(cs3)C(=O)NC(C)(C)C(=O)N[C@H](C(C)C)C(=O)O2)OC1=O. The van der Waals surface area contributed by atoms with Gasteiger partial charge in [-0.25, -0.2) is 19.6 Å². The first kappa shape index (κ1) is 51.8. The molecule has 0 spiro atoms. The quantitative estimate of drug-likeness (QED) is 0.0813. The summed E-state index contributed by atoms with van der Waals surface area (Å²) in [5.74, 6) is -3.86. The average molecular weight is 963 g/mol. The number of hydrogen-bond donors (Lipinski definition) is 6. The number of hydrogen-bond acceptors (Lipinski definition) is 16. The summed E-state index contributed by atoms with van der Waals surface area (Å²) in [6.07, 6.45) is 5.99. The van der Waals surface area contributed by atoms with Gasteiger partial charge in [0.2, 0.25) is 23.6 Å². The monoisotopic (exact) mass is 962 g/mol. The van der Waals surface area contributed by atoms with Crippen molar-refractivity contribution in [2.75, 3.05) is 11.5 Å². The van der Waals surface area contributed by atoms with Crippen LogP contribution in [0.15, 0.2) is 35.1 Å². The smallest absolute Gasteiger partial charge is 0.329 e. The van der Waals surface area contributed by atoms with E-state index in [9.17, 15) is 38.4 Å². The first-order valence-corrected chi connectivity index (χ1v) is 25.1. The van der Waals surface area contributed by atoms with Crippen molar-refractivity contribution in [1.82, 2.24) is 41.9 Å². The summed E-state index contributed by atoms with van der Waals surface area (Å²) in [6, 6.07) is -2.10. The number of amides is 6. The van der Waals surface area contributed by atoms with Gasteiger partial charge in [-0.05, 0) is 64.5 Å². The van der Waals surface area contributed by atoms with Gasteiger partial charge in [-0.3, -0.25) is 28.8 Å². The molecule has 0 aliphatic carbocycles. The predicted molar refractivity (Wildman–Crippen MR) is 246 cm³/mol. The van der Waals surface area contributed by atoms with E-state index in [-0.39, 0.29) is 49.2 Å². The predicted octanol–water partition coefficient (Wildman–Crippen LogP) is 3.74. The summed E-state index contributed by atoms with van der Waals surface area (Å²) in [5.41, 5.74) is -2.53. The van der Waals surface area contributed by atoms with Crippen LogP contribution in [0.1, 0.15) is 112 Å². The molecular formula is C42H58N8O10S4. The Bertz CT molecular complexity index is 1940. The summed E-state index contributed by atoms with van der Waals surface area (Å²) < 4.78 is 11.6. The number of esters is 2. The van der Waals surface area contributed by atoms with Gasteiger partial charge in [-0.2, -0.15) is 0 Å². The molecule has 0 unspecified atom stereocenters. The molecule has 2 aromatic heterocycles. The summed E-state index contributed by atoms with van der Waals surface area (Å²) in [5, 5.41) is 20.3. The molecule has 0 aromatic carbocycles. The van der Waals surface area contributed by atoms with Crippen molar-refractivity contribution in [3.63, 3.8) is 0 Å². The van der Waals surface area contributed by atoms with Gasteiger partial charge in [0.15, 0.2) is 0 Å². The second kappa shape index (κ2) is 23.9. The zero-order valence-corrected chi connectivity index (χ0v) is 40.5. The highest BCUT2D eigenvalue weighted by molar-refractivity contribution is 8.76. The van der Waals surface area contributed by atoms with E-state index in [0.717, 1.165) is 0 Å². The van der Waals surface area contributed by atoms with E-state index in [4.69, 9.17) is 9.47 Å². The Morgan fingerprint density at radius 3 is 1.39 bits per heavy atom. The van der Waals surface area contributed by atoms with Gasteiger partial charge in [0.25, 0.3) is 11.8 Å². The third kappa shape index (κ3) is 16.0. The van der Waals surface area contributed by atoms with Crippen molar-refractivity contribution in [3.8, 4) is 0 Å². The Balaban J connectivity index is 1.33. The number of fused-ring (bicyclic) bond motifs is 4. The number of nitrogens with one attached hydrogen (secondary N) is 6. The molecule has 4 bridgehead atoms. The summed E-state index contributed by atoms with van der Waals surface area (Å²) in [4.78, 5) is 114. The normalized spacial score (nSPS) is 23.2. The lowest BCUT2D eigenvalue weighted by Gasteiger charge is -2.29. The molecule has 0 saturated heterocycles. The Labute approximate surface area is 388 Å². The second-order valence-corrected chi connectivity index (χ2v) is 21.4. The van der Waals surface area contributed by atoms with Gasteiger partial charge in [0.05, 0.1) is 25.9 Å². The Morgan fingerprint density at radius 2 is 1.03 bits per heavy atom. The Morgan fingerprint density at radius 1 is 0.656 bits per heavy atom. The summed E-state index contributed by atoms with van der Waals surface area (Å²) in [6.45, 7) is 13.2. The molecule has 6 N–H and O–H groups in total. The van der Waals surface area contributed by atoms with E-state index in [1.807, 2.05) is 12.2 Å². The zero-order chi connectivity index (χ0) is 47.2. The van der Waals surface area contributed by atoms with Crippen LogP contribution in [0.3, 0.4) is 0 Å². The van der Waals surface area contributed by atoms with Crippen molar-refractivity contribution in [2.45, 2.75) is 130 Å². The molecule has 4 heterocycles. The number of nitrogens with zero attached hydrogens (tertiary/aromatic N) is 2. The second-order valence-electron chi connectivity index (χ2n) is 16.8. The van der Waals surface area contributed by atoms with Gasteiger partial charge >= 0.3 is 11.9 Å². The van der Waals surface area contributed by atoms with Gasteiger partial charge in [-0.15, -0.1) is 22.7 Å². The van der Waals surface area contributed by atoms with Crippen LogP contribution in [0.2, 0.25) is 0 Å². The fourth-order valence-corrected chi connectivity index (χ4v) is 9.30. The van der Waals surface area contributed by atoms with E-state index >= 15 is 0 Å². The van der Waals surface area contributed by atoms with Crippen molar-refractivity contribution in [2.24, 2.45) is 11.8 Å². The molecule has 18 nitrogen and oxygen atoms in total. The minimum atomic E-state index is -1.38. The van der Waals surface area contributed by atoms with Crippen LogP contribution in [-0.4, -0.2) is 104 Å². The van der Waals surface area contributed by atoms with E-state index in [0.29, 0.717) is 34.4 Å². The van der Waals surface area contributed by atoms with E-state index in [1.54, 1.807) is 72.2 Å². The maximum absolute atomic E-state index is 13.4. The summed E-state index contributed by atoms with van der Waals surface area (Å²) >= 11 is 2.38. The van der Waals surface area contributed by atoms with E-state index in [2.05, 4.69) is 41.9 Å². The number of allylic oxidation sites excluding steroid dienone is 2. The molecule has 350 valence electrons. The van der Waals surface area contributed by atoms with E-state index < -0.39 is 82.8 Å². The Hall–Kier alpha value is -4.80. The summed E-state index contributed by atoms with van der Waals surface area (Å²) in [7, 11) is 3.22. The highest BCUT2D eigenvalue weighted by Crippen LogP contribution is 2.24. The van der Waals surface area contributed by atoms with Crippen LogP contribution >= 0.6 is 44.3 Å². The molecule has 22 heteroatoms. The number of thiazole rings is 2. The fraction of sp³-hybridized carbons (Fsp3) is 0.571. The standard InChI is InChI=1S/C42H58N8O10S4/c1-23(2)33-37(55)59-25(17-29(51)43-19-31-45-27(21-61-31)35(53)49-41(5,6)39(57)47-33)13-9-11-15-63-64-16-12-10-14-26-18-30(52)44-20-32-46-28(22-62-32)36(54)50-42(7,8)40(58)48-34(24(3)4)38(56)60-26/h9-10,13-14,21-26,33-34H,11-12,15-20H2,1-8H3,(H,43,51)(H,44,52)(H,47,57)(H,48,58)(H,49,53)(H,50,54)/b13-9+,14-10+/t25-,26+,33+,34-. The maximum Gasteiger partial charge on any atom is 0.329 e. The average Bonchev–Trinajstić information content (AvgIpc) is 3.90. The van der Waals surface area contributed by atoms with Crippen LogP contribution < -0.4 is 31.9 Å². The third-order valence-electron chi connectivity index (χ3n) is 9.67. The largest absolute Gasteiger partial charge is 0.456 e. The highest BCUT2D eigenvalue weighted by Gasteiger charge is 2.38. The first-order chi connectivity index (χ1) is 30.1. The number of rotatable bonds is 11. The minimum absolute atomic E-state index is 0.0676. The molecule has 0 saturated carbocycles. The molecular weight excluding hydrogens is 905 g/mol. The number of carbonyl (C=O) groups excluding carboxylic acids is 8. The molecule has 2 aromatic rings. The van der Waals surface area contributed by atoms with Gasteiger partial charge in [-0.1, -0.05) is 61.4 Å². The molecule has 2 aliphatic rings. The lowest BCUT2D eigenvalue weighted by Crippen LogP contribution is -2.59. The fourth-order valence-electron chi connectivity index (χ4n) is 5.89. The first-order valence-electron chi connectivity index (χ1n) is 20.8. The third-order valence-corrected chi connectivity index (χ3v) is 13.8. The van der Waals surface area contributed by atoms with Gasteiger partial charge < -0.3 is 41.4 Å². The molecule has 4 rings (SSSR count). The zero-order valence-electron chi connectivity index (χ0n) is 37.2. The van der Waals surface area contributed by atoms with Crippen LogP contribution in [0.4, 0.5) is 0 Å². The maximum atomic E-state index is 13.4. The molecule has 2 aliphatic heterocycles. The number of ether oxygens (including phenoxy) is 2. The number of aromatic nitrogens is 2. The van der Waals surface area contributed by atoms with Crippen LogP contribution in [-0.2, 0) is 51.3 Å². The van der Waals surface area contributed by atoms with Crippen LogP contribution in [0.5, 0.6) is 0 Å². The van der Waals surface area contributed by atoms with Crippen LogP contribution in [0.25, 0.3) is 0 Å². The van der Waals surface area contributed by atoms with Crippen LogP contribution in [0, 0.1) is 11.8 Å². The lowest BCUT2D eigenvalue weighted by atomic mass is 9.99. The molecule has 0 fully saturated rings. The van der Waals surface area contributed by atoms with Gasteiger partial charge in [0.1, 0.15) is 56.8 Å². The molecule has 0 radical (unpaired) electrons. The van der Waals surface area contributed by atoms with Crippen molar-refractivity contribution >= 4 is 91.6 Å². The minimum Gasteiger partial charge on any atom is -0.456 e. The molecule has 64 heavy (non-hydrogen) atoms. The molecule has 6 amide bonds. The van der Waals surface area contributed by atoms with Crippen molar-refractivity contribution in [1.29, 1.82) is 0 Å². The Kier molecular flexibility index (Phi) is 19.4. The highest BCUT2D eigenvalue weighted by atomic mass is 33.1. The number of cyclic esters (lactones) is 2. The van der Waals surface area contributed by atoms with Crippen molar-refractivity contribution in [3.05, 3.63) is 56.5 Å². The lowest BCUT2D eigenvalue weighted by molar-refractivity contribution is -0.154. The molecule has 4 atom stereocenters.